The van der Waals surface area contributed by atoms with Crippen molar-refractivity contribution in [3.63, 3.8) is 0 Å². The number of esters is 2. The van der Waals surface area contributed by atoms with Gasteiger partial charge in [0, 0.05) is 95.1 Å². The summed E-state index contributed by atoms with van der Waals surface area (Å²) in [6, 6.07) is 81.2. The Balaban J connectivity index is 0.000000141. The Kier molecular flexibility index (Phi) is 29.9. The Morgan fingerprint density at radius 3 is 1.18 bits per heavy atom. The number of hydrogen-bond donors (Lipinski definition) is 3. The van der Waals surface area contributed by atoms with Crippen LogP contribution in [0.4, 0.5) is 11.4 Å². The minimum atomic E-state index is -0.898. The zero-order chi connectivity index (χ0) is 83.6. The topological polar surface area (TPSA) is 345 Å². The Bertz CT molecular complexity index is 6870. The van der Waals surface area contributed by atoms with E-state index in [1.165, 1.54) is 23.5 Å². The van der Waals surface area contributed by atoms with E-state index in [4.69, 9.17) is 48.3 Å². The number of aliphatic carboxylic acids is 1. The molecule has 0 radical (unpaired) electrons. The maximum Gasteiger partial charge on any atom is 0.316 e. The number of imidazole rings is 4. The summed E-state index contributed by atoms with van der Waals surface area (Å²) >= 11 is 20.6. The maximum atomic E-state index is 11.6. The van der Waals surface area contributed by atoms with E-state index in [1.807, 2.05) is 207 Å². The molecule has 16 aromatic rings. The van der Waals surface area contributed by atoms with Crippen LogP contribution in [-0.4, -0.2) is 96.9 Å². The Hall–Kier alpha value is -13.8. The molecule has 0 saturated heterocycles. The summed E-state index contributed by atoms with van der Waals surface area (Å²) in [7, 11) is 0. The van der Waals surface area contributed by atoms with Crippen LogP contribution in [0.1, 0.15) is 47.2 Å². The fourth-order valence-electron chi connectivity index (χ4n) is 12.4. The zero-order valence-corrected chi connectivity index (χ0v) is 69.7. The molecule has 29 heteroatoms. The van der Waals surface area contributed by atoms with Gasteiger partial charge in [-0.1, -0.05) is 181 Å². The van der Waals surface area contributed by atoms with E-state index in [2.05, 4.69) is 111 Å². The molecule has 118 heavy (non-hydrogen) atoms. The number of aromatic nitrogens is 8. The Labute approximate surface area is 716 Å². The van der Waals surface area contributed by atoms with Crippen LogP contribution in [0.3, 0.4) is 0 Å². The third-order valence-corrected chi connectivity index (χ3v) is 21.9. The van der Waals surface area contributed by atoms with Gasteiger partial charge in [-0.3, -0.25) is 32.7 Å². The quantitative estimate of drug-likeness (QED) is 0.0266. The highest BCUT2D eigenvalue weighted by Gasteiger charge is 2.20. The number of rotatable bonds is 16. The molecule has 0 saturated carbocycles. The largest absolute Gasteiger partial charge is 0.481 e. The van der Waals surface area contributed by atoms with Gasteiger partial charge >= 0.3 is 17.9 Å². The van der Waals surface area contributed by atoms with Gasteiger partial charge < -0.3 is 25.3 Å². The first-order valence-electron chi connectivity index (χ1n) is 35.5. The van der Waals surface area contributed by atoms with Crippen LogP contribution in [0.15, 0.2) is 285 Å². The molecule has 0 amide bonds. The molecule has 578 valence electrons. The number of nitrogen functional groups attached to an aromatic ring is 1. The van der Waals surface area contributed by atoms with Crippen LogP contribution in [-0.2, 0) is 23.9 Å². The molecule has 4 heterocycles. The van der Waals surface area contributed by atoms with Gasteiger partial charge in [0.1, 0.15) is 9.21 Å². The summed E-state index contributed by atoms with van der Waals surface area (Å²) in [4.78, 5) is 53.9. The number of anilines is 1. The van der Waals surface area contributed by atoms with E-state index in [1.54, 1.807) is 81.1 Å². The number of benzene rings is 12. The lowest BCUT2D eigenvalue weighted by Crippen LogP contribution is -2.08. The molecule has 0 bridgehead atoms. The first-order chi connectivity index (χ1) is 57.5. The second kappa shape index (κ2) is 41.5. The summed E-state index contributed by atoms with van der Waals surface area (Å²) in [6.07, 6.45) is 10.6. The number of nitriles is 6. The highest BCUT2D eigenvalue weighted by molar-refractivity contribution is 9.10. The van der Waals surface area contributed by atoms with Crippen LogP contribution in [0.25, 0.3) is 87.4 Å². The molecule has 12 aromatic carbocycles. The highest BCUT2D eigenvalue weighted by atomic mass is 79.9. The van der Waals surface area contributed by atoms with Crippen molar-refractivity contribution in [3.8, 4) is 59.2 Å². The number of hydrogen-bond acceptors (Lipinski definition) is 21. The van der Waals surface area contributed by atoms with Gasteiger partial charge in [-0.05, 0) is 143 Å². The Morgan fingerprint density at radius 1 is 0.449 bits per heavy atom. The fourth-order valence-corrected chi connectivity index (χ4v) is 16.2. The molecular weight excluding hydrogens is 1710 g/mol. The summed E-state index contributed by atoms with van der Waals surface area (Å²) in [5.41, 5.74) is 14.7. The monoisotopic (exact) mass is 1770 g/mol. The minimum Gasteiger partial charge on any atom is -0.481 e. The van der Waals surface area contributed by atoms with Crippen molar-refractivity contribution in [3.05, 3.63) is 303 Å². The van der Waals surface area contributed by atoms with E-state index >= 15 is 0 Å². The SMILES string of the molecule is CCOC(=O)CSc1ncc(Br)n1-c1ccc(C#N)c2ccccc12.CCOC(=O)CSc1nccn1-c1ccc(C#N)c2ccccc12.N#Cc1ccc(-n2c(Br)cnc2SCC(=O)O)c2ccccc12.N#Cc1ccc(-n2cc[nH]c2=S)c2ccccc12.N#Cc1ccc(N)c2ccccc12.N#Cc1ccc(N=C=S)c2ccccc12. The van der Waals surface area contributed by atoms with Crippen molar-refractivity contribution in [2.75, 3.05) is 36.2 Å². The number of H-pyrrole nitrogens is 1. The second-order valence-corrected chi connectivity index (χ2v) is 29.5. The highest BCUT2D eigenvalue weighted by Crippen LogP contribution is 2.37. The van der Waals surface area contributed by atoms with Gasteiger partial charge in [0.25, 0.3) is 0 Å². The van der Waals surface area contributed by atoms with Crippen molar-refractivity contribution in [2.24, 2.45) is 4.99 Å². The van der Waals surface area contributed by atoms with Crippen LogP contribution in [0, 0.1) is 72.8 Å². The first-order valence-corrected chi connectivity index (χ1v) is 40.9. The number of carboxylic acid groups (broad SMARTS) is 1. The van der Waals surface area contributed by atoms with Gasteiger partial charge in [0.05, 0.1) is 146 Å². The number of nitrogens with two attached hydrogens (primary N) is 1. The third kappa shape index (κ3) is 20.1. The number of ether oxygens (including phenoxy) is 2. The van der Waals surface area contributed by atoms with E-state index in [0.717, 1.165) is 120 Å². The molecule has 4 N–H and O–H groups in total. The molecule has 0 unspecified atom stereocenters. The van der Waals surface area contributed by atoms with Crippen LogP contribution in [0.5, 0.6) is 0 Å². The van der Waals surface area contributed by atoms with Crippen LogP contribution >= 0.6 is 91.6 Å². The standard InChI is InChI=1S/C18H14BrN3O2S.C18H15N3O2S.C16H10BrN3O2S.C14H9N3S.C12H6N2S.C11H8N2/c1-2-24-17(23)11-25-18-21-10-16(19)22(18)15-8-7-12(9-20)13-5-3-4-6-14(13)15;1-2-23-17(22)12-24-18-20-9-10-21(18)16-8-7-13(11-19)14-5-3-4-6-15(14)16;17-14-8-19-16(23-9-15(21)22)20(14)13-6-5-10(7-18)11-3-1-2-4-12(11)13;15-9-10-5-6-13(17-8-7-16-14(17)18)12-4-2-1-3-11(10)12;13-7-9-5-6-12(14-8-15)11-4-2-1-3-10(9)11;12-7-8-5-6-11(13)10-4-2-1-3-9(8)10/h3-8,10H,2,11H2,1H3;3-10H,2,12H2,1H3;1-6,8H,9H2,(H,21,22);1-8H,(H,16,18);1-6H;1-6H,13H2. The molecule has 0 atom stereocenters. The number of halogens is 2. The van der Waals surface area contributed by atoms with Crippen molar-refractivity contribution in [1.82, 2.24) is 38.2 Å². The predicted octanol–water partition coefficient (Wildman–Crippen LogP) is 21.0. The van der Waals surface area contributed by atoms with Crippen molar-refractivity contribution in [1.29, 1.82) is 31.6 Å². The van der Waals surface area contributed by atoms with E-state index in [0.29, 0.717) is 66.8 Å². The van der Waals surface area contributed by atoms with Crippen molar-refractivity contribution in [2.45, 2.75) is 29.3 Å². The van der Waals surface area contributed by atoms with Gasteiger partial charge in [-0.25, -0.2) is 15.0 Å². The number of carboxylic acids is 1. The fraction of sp³-hybridized carbons (Fsp3) is 0.0787. The lowest BCUT2D eigenvalue weighted by atomic mass is 10.0. The van der Waals surface area contributed by atoms with E-state index in [-0.39, 0.29) is 29.2 Å². The summed E-state index contributed by atoms with van der Waals surface area (Å²) in [5.74, 6) is -1.11. The average Bonchev–Trinajstić information content (AvgIpc) is 1.54. The van der Waals surface area contributed by atoms with Crippen LogP contribution < -0.4 is 5.73 Å². The maximum absolute atomic E-state index is 11.6. The lowest BCUT2D eigenvalue weighted by molar-refractivity contribution is -0.140. The number of isothiocyanates is 1. The average molecular weight is 1770 g/mol. The molecule has 4 aromatic heterocycles. The molecule has 16 rings (SSSR count). The molecule has 0 spiro atoms. The lowest BCUT2D eigenvalue weighted by Gasteiger charge is -2.13. The number of thiocarbonyl (C=S) groups is 1. The van der Waals surface area contributed by atoms with Crippen molar-refractivity contribution < 1.29 is 29.0 Å². The summed E-state index contributed by atoms with van der Waals surface area (Å²) < 4.78 is 19.7. The number of nitrogens with one attached hydrogen (secondary N) is 1. The minimum absolute atomic E-state index is 0.0718. The van der Waals surface area contributed by atoms with E-state index in [9.17, 15) is 30.2 Å². The molecule has 0 aliphatic rings. The molecule has 22 nitrogen and oxygen atoms in total. The van der Waals surface area contributed by atoms with Gasteiger partial charge in [-0.15, -0.1) is 0 Å². The molecule has 0 aliphatic carbocycles. The number of thioether (sulfide) groups is 3. The third-order valence-electron chi connectivity index (χ3n) is 17.6. The molecule has 0 aliphatic heterocycles. The number of carbonyl (C=O) groups is 3. The van der Waals surface area contributed by atoms with Gasteiger partial charge in [0.2, 0.25) is 0 Å². The normalized spacial score (nSPS) is 10.3. The predicted molar refractivity (Wildman–Crippen MR) is 475 cm³/mol. The zero-order valence-electron chi connectivity index (χ0n) is 62.4. The van der Waals surface area contributed by atoms with Gasteiger partial charge in [0.15, 0.2) is 20.2 Å². The number of carbonyl (C=O) groups excluding carboxylic acids is 2. The smallest absolute Gasteiger partial charge is 0.316 e. The number of aliphatic imine (C=N–C) groups is 1. The first kappa shape index (κ1) is 85.1. The second-order valence-electron chi connectivity index (χ2n) is 24.5. The van der Waals surface area contributed by atoms with Gasteiger partial charge in [-0.2, -0.15) is 36.6 Å². The summed E-state index contributed by atoms with van der Waals surface area (Å²) in [5, 5.41) is 79.0. The summed E-state index contributed by atoms with van der Waals surface area (Å²) in [6.45, 7) is 4.29. The molecular formula is C89H62Br2N16O6S5. The van der Waals surface area contributed by atoms with Crippen LogP contribution in [0.2, 0.25) is 0 Å². The van der Waals surface area contributed by atoms with Crippen molar-refractivity contribution >= 4 is 191 Å². The number of fused-ring (bicyclic) bond motifs is 6. The van der Waals surface area contributed by atoms with E-state index < -0.39 is 5.97 Å². The number of aromatic amines is 1. The molecule has 0 fully saturated rings. The number of nitrogens with zero attached hydrogens (tertiary/aromatic N) is 14. The Morgan fingerprint density at radius 2 is 0.788 bits per heavy atom.